The number of aromatic nitrogens is 4. The van der Waals surface area contributed by atoms with E-state index in [-0.39, 0.29) is 5.56 Å². The van der Waals surface area contributed by atoms with Gasteiger partial charge in [-0.2, -0.15) is 5.10 Å². The van der Waals surface area contributed by atoms with Crippen LogP contribution in [0.15, 0.2) is 42.6 Å². The van der Waals surface area contributed by atoms with Crippen molar-refractivity contribution in [2.45, 2.75) is 46.1 Å². The molecule has 0 bridgehead atoms. The van der Waals surface area contributed by atoms with Crippen LogP contribution in [-0.2, 0) is 13.0 Å². The van der Waals surface area contributed by atoms with Crippen molar-refractivity contribution >= 4 is 5.97 Å². The molecular formula is C21H24N4O2. The highest BCUT2D eigenvalue weighted by molar-refractivity contribution is 5.94. The standard InChI is InChI=1S/C21H24N4O2/c1-4-12-25-18(23-20(24-25)14(2)3)13-15-7-9-16(10-8-15)19-17(21(26)27)6-5-11-22-19/h5-11,14H,4,12-13H2,1-3H3,(H,26,27). The van der Waals surface area contributed by atoms with Crippen molar-refractivity contribution in [2.24, 2.45) is 0 Å². The van der Waals surface area contributed by atoms with Crippen LogP contribution in [-0.4, -0.2) is 30.8 Å². The van der Waals surface area contributed by atoms with Gasteiger partial charge in [0.15, 0.2) is 5.82 Å². The van der Waals surface area contributed by atoms with Gasteiger partial charge in [0, 0.05) is 30.6 Å². The van der Waals surface area contributed by atoms with Crippen LogP contribution in [0.25, 0.3) is 11.3 Å². The maximum atomic E-state index is 11.4. The summed E-state index contributed by atoms with van der Waals surface area (Å²) in [6.07, 6.45) is 3.30. The van der Waals surface area contributed by atoms with Crippen molar-refractivity contribution in [2.75, 3.05) is 0 Å². The summed E-state index contributed by atoms with van der Waals surface area (Å²) in [7, 11) is 0. The molecule has 2 aromatic heterocycles. The molecule has 1 N–H and O–H groups in total. The number of carboxylic acids is 1. The number of aromatic carboxylic acids is 1. The molecule has 0 aliphatic carbocycles. The van der Waals surface area contributed by atoms with E-state index in [4.69, 9.17) is 4.98 Å². The molecule has 0 fully saturated rings. The highest BCUT2D eigenvalue weighted by atomic mass is 16.4. The van der Waals surface area contributed by atoms with E-state index in [0.29, 0.717) is 18.0 Å². The molecule has 140 valence electrons. The Morgan fingerprint density at radius 2 is 1.93 bits per heavy atom. The number of hydrogen-bond donors (Lipinski definition) is 1. The van der Waals surface area contributed by atoms with Crippen molar-refractivity contribution < 1.29 is 9.90 Å². The molecule has 1 aromatic carbocycles. The Balaban J connectivity index is 1.86. The first-order valence-corrected chi connectivity index (χ1v) is 9.20. The van der Waals surface area contributed by atoms with Gasteiger partial charge in [-0.1, -0.05) is 45.0 Å². The van der Waals surface area contributed by atoms with Crippen LogP contribution in [0.3, 0.4) is 0 Å². The lowest BCUT2D eigenvalue weighted by Crippen LogP contribution is -2.06. The van der Waals surface area contributed by atoms with E-state index in [1.165, 1.54) is 0 Å². The van der Waals surface area contributed by atoms with Crippen LogP contribution >= 0.6 is 0 Å². The zero-order chi connectivity index (χ0) is 19.4. The smallest absolute Gasteiger partial charge is 0.337 e. The number of hydrogen-bond acceptors (Lipinski definition) is 4. The molecule has 0 unspecified atom stereocenters. The maximum absolute atomic E-state index is 11.4. The largest absolute Gasteiger partial charge is 0.478 e. The lowest BCUT2D eigenvalue weighted by atomic mass is 10.0. The highest BCUT2D eigenvalue weighted by Crippen LogP contribution is 2.22. The Hall–Kier alpha value is -3.02. The minimum absolute atomic E-state index is 0.203. The Labute approximate surface area is 158 Å². The molecule has 27 heavy (non-hydrogen) atoms. The topological polar surface area (TPSA) is 80.9 Å². The molecule has 6 nitrogen and oxygen atoms in total. The minimum atomic E-state index is -0.976. The molecule has 3 rings (SSSR count). The van der Waals surface area contributed by atoms with E-state index in [0.717, 1.165) is 35.7 Å². The van der Waals surface area contributed by atoms with Crippen molar-refractivity contribution in [1.82, 2.24) is 19.7 Å². The zero-order valence-corrected chi connectivity index (χ0v) is 15.9. The van der Waals surface area contributed by atoms with Crippen LogP contribution in [0.5, 0.6) is 0 Å². The molecule has 0 amide bonds. The van der Waals surface area contributed by atoms with E-state index in [1.54, 1.807) is 18.3 Å². The van der Waals surface area contributed by atoms with E-state index in [2.05, 4.69) is 30.9 Å². The molecule has 0 saturated heterocycles. The van der Waals surface area contributed by atoms with Gasteiger partial charge in [0.1, 0.15) is 5.82 Å². The van der Waals surface area contributed by atoms with Crippen molar-refractivity contribution in [1.29, 1.82) is 0 Å². The summed E-state index contributed by atoms with van der Waals surface area (Å²) in [5.74, 6) is 1.14. The second-order valence-corrected chi connectivity index (χ2v) is 6.84. The normalized spacial score (nSPS) is 11.1. The SMILES string of the molecule is CCCn1nc(C(C)C)nc1Cc1ccc(-c2ncccc2C(=O)O)cc1. The lowest BCUT2D eigenvalue weighted by molar-refractivity contribution is 0.0697. The molecule has 0 aliphatic rings. The predicted molar refractivity (Wildman–Crippen MR) is 104 cm³/mol. The van der Waals surface area contributed by atoms with Crippen LogP contribution in [0.1, 0.15) is 60.7 Å². The maximum Gasteiger partial charge on any atom is 0.337 e. The molecule has 6 heteroatoms. The van der Waals surface area contributed by atoms with Crippen LogP contribution in [0.4, 0.5) is 0 Å². The third-order valence-electron chi connectivity index (χ3n) is 4.34. The molecule has 0 saturated carbocycles. The molecular weight excluding hydrogens is 340 g/mol. The Kier molecular flexibility index (Phi) is 5.64. The quantitative estimate of drug-likeness (QED) is 0.681. The van der Waals surface area contributed by atoms with Crippen LogP contribution < -0.4 is 0 Å². The monoisotopic (exact) mass is 364 g/mol. The second-order valence-electron chi connectivity index (χ2n) is 6.84. The fraction of sp³-hybridized carbons (Fsp3) is 0.333. The highest BCUT2D eigenvalue weighted by Gasteiger charge is 2.14. The first-order chi connectivity index (χ1) is 13.0. The third-order valence-corrected chi connectivity index (χ3v) is 4.34. The van der Waals surface area contributed by atoms with Gasteiger partial charge < -0.3 is 5.11 Å². The molecule has 3 aromatic rings. The number of rotatable bonds is 7. The molecule has 0 spiro atoms. The molecule has 0 radical (unpaired) electrons. The van der Waals surface area contributed by atoms with Crippen molar-refractivity contribution in [3.8, 4) is 11.3 Å². The van der Waals surface area contributed by atoms with Crippen LogP contribution in [0.2, 0.25) is 0 Å². The summed E-state index contributed by atoms with van der Waals surface area (Å²) in [6, 6.07) is 11.0. The van der Waals surface area contributed by atoms with Gasteiger partial charge in [-0.15, -0.1) is 0 Å². The first kappa shape index (κ1) is 18.8. The fourth-order valence-corrected chi connectivity index (χ4v) is 2.93. The van der Waals surface area contributed by atoms with Crippen molar-refractivity contribution in [3.63, 3.8) is 0 Å². The zero-order valence-electron chi connectivity index (χ0n) is 15.9. The predicted octanol–water partition coefficient (Wildman–Crippen LogP) is 4.16. The van der Waals surface area contributed by atoms with Gasteiger partial charge in [-0.05, 0) is 24.1 Å². The van der Waals surface area contributed by atoms with E-state index >= 15 is 0 Å². The van der Waals surface area contributed by atoms with E-state index < -0.39 is 5.97 Å². The molecule has 0 atom stereocenters. The summed E-state index contributed by atoms with van der Waals surface area (Å²) < 4.78 is 1.99. The van der Waals surface area contributed by atoms with Gasteiger partial charge >= 0.3 is 5.97 Å². The Morgan fingerprint density at radius 3 is 2.56 bits per heavy atom. The molecule has 2 heterocycles. The van der Waals surface area contributed by atoms with Gasteiger partial charge in [0.2, 0.25) is 0 Å². The number of carboxylic acid groups (broad SMARTS) is 1. The summed E-state index contributed by atoms with van der Waals surface area (Å²) >= 11 is 0. The van der Waals surface area contributed by atoms with Crippen molar-refractivity contribution in [3.05, 3.63) is 65.4 Å². The number of nitrogens with zero attached hydrogens (tertiary/aromatic N) is 4. The van der Waals surface area contributed by atoms with Gasteiger partial charge in [0.25, 0.3) is 0 Å². The van der Waals surface area contributed by atoms with E-state index in [1.807, 2.05) is 28.9 Å². The molecule has 0 aliphatic heterocycles. The van der Waals surface area contributed by atoms with Gasteiger partial charge in [0.05, 0.1) is 11.3 Å². The summed E-state index contributed by atoms with van der Waals surface area (Å²) in [5.41, 5.74) is 2.57. The Bertz CT molecular complexity index is 930. The number of pyridine rings is 1. The van der Waals surface area contributed by atoms with Gasteiger partial charge in [-0.25, -0.2) is 14.5 Å². The average molecular weight is 364 g/mol. The number of benzene rings is 1. The Morgan fingerprint density at radius 1 is 1.19 bits per heavy atom. The lowest BCUT2D eigenvalue weighted by Gasteiger charge is -2.07. The summed E-state index contributed by atoms with van der Waals surface area (Å²) in [5, 5.41) is 14.0. The number of aryl methyl sites for hydroxylation is 1. The number of carbonyl (C=O) groups is 1. The first-order valence-electron chi connectivity index (χ1n) is 9.20. The minimum Gasteiger partial charge on any atom is -0.478 e. The third kappa shape index (κ3) is 4.22. The van der Waals surface area contributed by atoms with Gasteiger partial charge in [-0.3, -0.25) is 4.98 Å². The van der Waals surface area contributed by atoms with E-state index in [9.17, 15) is 9.90 Å². The average Bonchev–Trinajstić information content (AvgIpc) is 3.05. The summed E-state index contributed by atoms with van der Waals surface area (Å²) in [6.45, 7) is 7.17. The van der Waals surface area contributed by atoms with Crippen LogP contribution in [0, 0.1) is 0 Å². The second kappa shape index (κ2) is 8.12. The fourth-order valence-electron chi connectivity index (χ4n) is 2.93. The summed E-state index contributed by atoms with van der Waals surface area (Å²) in [4.78, 5) is 20.3.